The predicted octanol–water partition coefficient (Wildman–Crippen LogP) is 3.43. The molecule has 0 fully saturated rings. The highest BCUT2D eigenvalue weighted by Crippen LogP contribution is 2.26. The van der Waals surface area contributed by atoms with E-state index in [1.54, 1.807) is 30.3 Å². The van der Waals surface area contributed by atoms with E-state index in [2.05, 4.69) is 27.2 Å². The standard InChI is InChI=1S/C18H19N5O2S2/c1-4-9-26-18-21-20-17(27-18)19-15(24)14-12-7-5-6-8-13(12)16(25)23(22-14)10-11(2)3/h4-8,11H,1,9-10H2,2-3H3,(H,19,20,24). The Morgan fingerprint density at radius 3 is 2.78 bits per heavy atom. The van der Waals surface area contributed by atoms with Gasteiger partial charge < -0.3 is 0 Å². The van der Waals surface area contributed by atoms with E-state index in [0.29, 0.717) is 22.4 Å². The molecule has 0 spiro atoms. The molecule has 0 aliphatic carbocycles. The van der Waals surface area contributed by atoms with Gasteiger partial charge in [-0.1, -0.05) is 61.2 Å². The predicted molar refractivity (Wildman–Crippen MR) is 110 cm³/mol. The van der Waals surface area contributed by atoms with Crippen LogP contribution in [0.15, 0.2) is 46.1 Å². The smallest absolute Gasteiger partial charge is 0.278 e. The third-order valence-corrected chi connectivity index (χ3v) is 5.54. The average Bonchev–Trinajstić information content (AvgIpc) is 3.09. The Morgan fingerprint density at radius 1 is 1.33 bits per heavy atom. The third-order valence-electron chi connectivity index (χ3n) is 3.57. The van der Waals surface area contributed by atoms with Crippen LogP contribution in [0.25, 0.3) is 10.8 Å². The first-order chi connectivity index (χ1) is 13.0. The van der Waals surface area contributed by atoms with Gasteiger partial charge >= 0.3 is 0 Å². The largest absolute Gasteiger partial charge is 0.295 e. The van der Waals surface area contributed by atoms with Crippen molar-refractivity contribution in [2.75, 3.05) is 11.1 Å². The molecule has 7 nitrogen and oxygen atoms in total. The molecule has 0 aliphatic heterocycles. The number of nitrogens with one attached hydrogen (secondary N) is 1. The van der Waals surface area contributed by atoms with Crippen molar-refractivity contribution in [1.82, 2.24) is 20.0 Å². The van der Waals surface area contributed by atoms with Crippen molar-refractivity contribution in [3.63, 3.8) is 0 Å². The molecular formula is C18H19N5O2S2. The average molecular weight is 402 g/mol. The molecular weight excluding hydrogens is 382 g/mol. The summed E-state index contributed by atoms with van der Waals surface area (Å²) in [6.07, 6.45) is 1.78. The Balaban J connectivity index is 1.96. The normalized spacial score (nSPS) is 11.1. The number of rotatable bonds is 7. The van der Waals surface area contributed by atoms with E-state index in [9.17, 15) is 9.59 Å². The quantitative estimate of drug-likeness (QED) is 0.371. The van der Waals surface area contributed by atoms with E-state index in [1.165, 1.54) is 27.8 Å². The van der Waals surface area contributed by atoms with Crippen LogP contribution in [-0.4, -0.2) is 31.6 Å². The van der Waals surface area contributed by atoms with Crippen molar-refractivity contribution in [2.24, 2.45) is 5.92 Å². The number of hydrogen-bond acceptors (Lipinski definition) is 7. The minimum absolute atomic E-state index is 0.196. The molecule has 3 rings (SSSR count). The van der Waals surface area contributed by atoms with Gasteiger partial charge in [-0.3, -0.25) is 14.9 Å². The first-order valence-electron chi connectivity index (χ1n) is 8.38. The first kappa shape index (κ1) is 19.2. The lowest BCUT2D eigenvalue weighted by Crippen LogP contribution is -2.29. The summed E-state index contributed by atoms with van der Waals surface area (Å²) in [5.74, 6) is 0.523. The fourth-order valence-electron chi connectivity index (χ4n) is 2.48. The molecule has 27 heavy (non-hydrogen) atoms. The van der Waals surface area contributed by atoms with Crippen LogP contribution >= 0.6 is 23.1 Å². The molecule has 0 saturated heterocycles. The van der Waals surface area contributed by atoms with Crippen molar-refractivity contribution in [2.45, 2.75) is 24.7 Å². The van der Waals surface area contributed by atoms with Gasteiger partial charge in [0.05, 0.1) is 5.39 Å². The van der Waals surface area contributed by atoms with Crippen molar-refractivity contribution in [1.29, 1.82) is 0 Å². The van der Waals surface area contributed by atoms with E-state index in [0.717, 1.165) is 10.1 Å². The monoisotopic (exact) mass is 401 g/mol. The summed E-state index contributed by atoms with van der Waals surface area (Å²) in [6, 6.07) is 6.99. The second-order valence-electron chi connectivity index (χ2n) is 6.20. The molecule has 1 aromatic carbocycles. The number of nitrogens with zero attached hydrogens (tertiary/aromatic N) is 4. The summed E-state index contributed by atoms with van der Waals surface area (Å²) in [6.45, 7) is 8.09. The second-order valence-corrected chi connectivity index (χ2v) is 8.45. The lowest BCUT2D eigenvalue weighted by atomic mass is 10.1. The second kappa shape index (κ2) is 8.45. The number of aromatic nitrogens is 4. The number of hydrogen-bond donors (Lipinski definition) is 1. The molecule has 0 radical (unpaired) electrons. The molecule has 0 aliphatic rings. The zero-order chi connectivity index (χ0) is 19.4. The Hall–Kier alpha value is -2.52. The van der Waals surface area contributed by atoms with E-state index in [-0.39, 0.29) is 17.2 Å². The maximum Gasteiger partial charge on any atom is 0.278 e. The van der Waals surface area contributed by atoms with Crippen LogP contribution in [0.3, 0.4) is 0 Å². The molecule has 2 aromatic heterocycles. The fourth-order valence-corrected chi connectivity index (χ4v) is 3.99. The van der Waals surface area contributed by atoms with E-state index in [1.807, 2.05) is 13.8 Å². The molecule has 0 unspecified atom stereocenters. The van der Waals surface area contributed by atoms with Crippen LogP contribution in [0.1, 0.15) is 24.3 Å². The molecule has 9 heteroatoms. The molecule has 0 atom stereocenters. The summed E-state index contributed by atoms with van der Waals surface area (Å²) in [5.41, 5.74) is -0.00350. The zero-order valence-electron chi connectivity index (χ0n) is 15.0. The number of benzene rings is 1. The van der Waals surface area contributed by atoms with Crippen LogP contribution in [0.5, 0.6) is 0 Å². The van der Waals surface area contributed by atoms with E-state index in [4.69, 9.17) is 0 Å². The highest BCUT2D eigenvalue weighted by molar-refractivity contribution is 8.01. The number of thioether (sulfide) groups is 1. The number of amides is 1. The summed E-state index contributed by atoms with van der Waals surface area (Å²) in [5, 5.41) is 16.5. The van der Waals surface area contributed by atoms with Gasteiger partial charge in [0.15, 0.2) is 10.0 Å². The van der Waals surface area contributed by atoms with Crippen molar-refractivity contribution >= 4 is 44.9 Å². The van der Waals surface area contributed by atoms with Gasteiger partial charge in [-0.15, -0.1) is 16.8 Å². The third kappa shape index (κ3) is 4.42. The Kier molecular flexibility index (Phi) is 6.02. The summed E-state index contributed by atoms with van der Waals surface area (Å²) in [7, 11) is 0. The zero-order valence-corrected chi connectivity index (χ0v) is 16.6. The van der Waals surface area contributed by atoms with Gasteiger partial charge in [-0.05, 0) is 12.0 Å². The van der Waals surface area contributed by atoms with Crippen LogP contribution in [0.4, 0.5) is 5.13 Å². The summed E-state index contributed by atoms with van der Waals surface area (Å²) >= 11 is 2.78. The van der Waals surface area contributed by atoms with E-state index >= 15 is 0 Å². The summed E-state index contributed by atoms with van der Waals surface area (Å²) < 4.78 is 2.10. The highest BCUT2D eigenvalue weighted by atomic mass is 32.2. The van der Waals surface area contributed by atoms with Gasteiger partial charge in [-0.25, -0.2) is 4.68 Å². The lowest BCUT2D eigenvalue weighted by molar-refractivity contribution is 0.102. The van der Waals surface area contributed by atoms with Gasteiger partial charge in [-0.2, -0.15) is 5.10 Å². The molecule has 1 N–H and O–H groups in total. The van der Waals surface area contributed by atoms with Crippen molar-refractivity contribution in [3.05, 3.63) is 53.0 Å². The first-order valence-corrected chi connectivity index (χ1v) is 10.2. The minimum Gasteiger partial charge on any atom is -0.295 e. The molecule has 140 valence electrons. The van der Waals surface area contributed by atoms with Crippen molar-refractivity contribution < 1.29 is 4.79 Å². The Morgan fingerprint density at radius 2 is 2.07 bits per heavy atom. The van der Waals surface area contributed by atoms with Crippen LogP contribution in [0, 0.1) is 5.92 Å². The fraction of sp³-hybridized carbons (Fsp3) is 0.278. The molecule has 0 bridgehead atoms. The van der Waals surface area contributed by atoms with Gasteiger partial charge in [0.2, 0.25) is 5.13 Å². The molecule has 3 aromatic rings. The number of anilines is 1. The maximum absolute atomic E-state index is 12.8. The maximum atomic E-state index is 12.8. The van der Waals surface area contributed by atoms with Gasteiger partial charge in [0, 0.05) is 17.7 Å². The van der Waals surface area contributed by atoms with Crippen LogP contribution in [0.2, 0.25) is 0 Å². The van der Waals surface area contributed by atoms with E-state index < -0.39 is 5.91 Å². The Bertz CT molecular complexity index is 1040. The molecule has 2 heterocycles. The summed E-state index contributed by atoms with van der Waals surface area (Å²) in [4.78, 5) is 25.5. The topological polar surface area (TPSA) is 89.8 Å². The van der Waals surface area contributed by atoms with Crippen LogP contribution < -0.4 is 10.9 Å². The highest BCUT2D eigenvalue weighted by Gasteiger charge is 2.18. The SMILES string of the molecule is C=CCSc1nnc(NC(=O)c2nn(CC(C)C)c(=O)c3ccccc23)s1. The number of carbonyl (C=O) groups excluding carboxylic acids is 1. The number of carbonyl (C=O) groups is 1. The van der Waals surface area contributed by atoms with Crippen LogP contribution in [-0.2, 0) is 6.54 Å². The van der Waals surface area contributed by atoms with Gasteiger partial charge in [0.1, 0.15) is 0 Å². The number of fused-ring (bicyclic) bond motifs is 1. The minimum atomic E-state index is -0.417. The van der Waals surface area contributed by atoms with Gasteiger partial charge in [0.25, 0.3) is 11.5 Å². The molecule has 0 saturated carbocycles. The molecule has 1 amide bonds. The Labute approximate surface area is 164 Å². The van der Waals surface area contributed by atoms with Crippen molar-refractivity contribution in [3.8, 4) is 0 Å². The lowest BCUT2D eigenvalue weighted by Gasteiger charge is -2.12.